The van der Waals surface area contributed by atoms with Crippen molar-refractivity contribution in [3.05, 3.63) is 47.8 Å². The summed E-state index contributed by atoms with van der Waals surface area (Å²) in [4.78, 5) is 10.0. The number of aryl methyl sites for hydroxylation is 1. The number of H-pyrrole nitrogens is 1. The van der Waals surface area contributed by atoms with Crippen molar-refractivity contribution in [1.82, 2.24) is 24.6 Å². The van der Waals surface area contributed by atoms with E-state index in [1.54, 1.807) is 6.07 Å². The molecular weight excluding hydrogens is 281 g/mol. The SMILES string of the molecule is CCN(CCc1nc2ccc(F)cc2[nH]1)Cc1ccnn1C. The Balaban J connectivity index is 1.65. The summed E-state index contributed by atoms with van der Waals surface area (Å²) in [6.45, 7) is 4.86. The van der Waals surface area contributed by atoms with Gasteiger partial charge in [-0.25, -0.2) is 9.37 Å². The smallest absolute Gasteiger partial charge is 0.125 e. The number of fused-ring (bicyclic) bond motifs is 1. The third-order valence-electron chi connectivity index (χ3n) is 3.91. The number of hydrogen-bond acceptors (Lipinski definition) is 3. The molecule has 0 saturated heterocycles. The van der Waals surface area contributed by atoms with E-state index in [0.29, 0.717) is 0 Å². The monoisotopic (exact) mass is 301 g/mol. The summed E-state index contributed by atoms with van der Waals surface area (Å²) in [6, 6.07) is 6.66. The van der Waals surface area contributed by atoms with E-state index in [-0.39, 0.29) is 5.82 Å². The standard InChI is InChI=1S/C16H20FN5/c1-3-22(11-13-6-8-18-21(13)2)9-7-16-19-14-5-4-12(17)10-15(14)20-16/h4-6,8,10H,3,7,9,11H2,1-2H3,(H,19,20). The van der Waals surface area contributed by atoms with Gasteiger partial charge >= 0.3 is 0 Å². The van der Waals surface area contributed by atoms with Crippen molar-refractivity contribution in [2.75, 3.05) is 13.1 Å². The zero-order valence-electron chi connectivity index (χ0n) is 12.9. The van der Waals surface area contributed by atoms with Gasteiger partial charge in [0, 0.05) is 32.8 Å². The van der Waals surface area contributed by atoms with Gasteiger partial charge in [-0.1, -0.05) is 6.92 Å². The van der Waals surface area contributed by atoms with Gasteiger partial charge < -0.3 is 4.98 Å². The summed E-state index contributed by atoms with van der Waals surface area (Å²) in [6.07, 6.45) is 2.62. The molecule has 0 fully saturated rings. The molecule has 0 aliphatic heterocycles. The van der Waals surface area contributed by atoms with Gasteiger partial charge in [0.15, 0.2) is 0 Å². The highest BCUT2D eigenvalue weighted by molar-refractivity contribution is 5.74. The van der Waals surface area contributed by atoms with Gasteiger partial charge in [0.2, 0.25) is 0 Å². The molecule has 0 aliphatic rings. The Bertz CT molecular complexity index is 761. The number of likely N-dealkylation sites (N-methyl/N-ethyl adjacent to an activating group) is 1. The topological polar surface area (TPSA) is 49.7 Å². The lowest BCUT2D eigenvalue weighted by molar-refractivity contribution is 0.274. The maximum atomic E-state index is 13.2. The van der Waals surface area contributed by atoms with Crippen LogP contribution in [0.5, 0.6) is 0 Å². The van der Waals surface area contributed by atoms with E-state index in [1.807, 2.05) is 24.0 Å². The molecule has 0 amide bonds. The summed E-state index contributed by atoms with van der Waals surface area (Å²) in [5.41, 5.74) is 2.75. The fourth-order valence-corrected chi connectivity index (χ4v) is 2.55. The van der Waals surface area contributed by atoms with Crippen molar-refractivity contribution in [3.8, 4) is 0 Å². The van der Waals surface area contributed by atoms with Crippen LogP contribution in [-0.4, -0.2) is 37.7 Å². The average molecular weight is 301 g/mol. The molecule has 0 radical (unpaired) electrons. The summed E-state index contributed by atoms with van der Waals surface area (Å²) < 4.78 is 15.1. The van der Waals surface area contributed by atoms with Gasteiger partial charge in [0.25, 0.3) is 0 Å². The minimum absolute atomic E-state index is 0.242. The Hall–Kier alpha value is -2.21. The summed E-state index contributed by atoms with van der Waals surface area (Å²) in [7, 11) is 1.96. The Morgan fingerprint density at radius 2 is 2.18 bits per heavy atom. The molecule has 0 unspecified atom stereocenters. The predicted molar refractivity (Wildman–Crippen MR) is 83.9 cm³/mol. The Morgan fingerprint density at radius 1 is 1.32 bits per heavy atom. The Morgan fingerprint density at radius 3 is 2.91 bits per heavy atom. The lowest BCUT2D eigenvalue weighted by Gasteiger charge is -2.19. The maximum absolute atomic E-state index is 13.2. The molecule has 5 nitrogen and oxygen atoms in total. The minimum Gasteiger partial charge on any atom is -0.342 e. The highest BCUT2D eigenvalue weighted by Gasteiger charge is 2.09. The van der Waals surface area contributed by atoms with E-state index in [4.69, 9.17) is 0 Å². The van der Waals surface area contributed by atoms with E-state index in [0.717, 1.165) is 42.9 Å². The van der Waals surface area contributed by atoms with Crippen LogP contribution < -0.4 is 0 Å². The number of aromatic nitrogens is 4. The van der Waals surface area contributed by atoms with E-state index < -0.39 is 0 Å². The molecule has 2 aromatic heterocycles. The first-order valence-corrected chi connectivity index (χ1v) is 7.49. The maximum Gasteiger partial charge on any atom is 0.125 e. The normalized spacial score (nSPS) is 11.6. The van der Waals surface area contributed by atoms with E-state index in [9.17, 15) is 4.39 Å². The van der Waals surface area contributed by atoms with Crippen LogP contribution >= 0.6 is 0 Å². The molecule has 6 heteroatoms. The van der Waals surface area contributed by atoms with Crippen molar-refractivity contribution >= 4 is 11.0 Å². The average Bonchev–Trinajstić information content (AvgIpc) is 3.09. The van der Waals surface area contributed by atoms with Crippen LogP contribution in [-0.2, 0) is 20.0 Å². The van der Waals surface area contributed by atoms with Crippen molar-refractivity contribution in [2.24, 2.45) is 7.05 Å². The van der Waals surface area contributed by atoms with E-state index in [1.165, 1.54) is 17.8 Å². The van der Waals surface area contributed by atoms with Gasteiger partial charge in [-0.3, -0.25) is 9.58 Å². The second-order valence-corrected chi connectivity index (χ2v) is 5.41. The van der Waals surface area contributed by atoms with Gasteiger partial charge in [0.1, 0.15) is 11.6 Å². The highest BCUT2D eigenvalue weighted by Crippen LogP contribution is 2.13. The van der Waals surface area contributed by atoms with E-state index >= 15 is 0 Å². The Kier molecular flexibility index (Phi) is 4.20. The van der Waals surface area contributed by atoms with Crippen LogP contribution in [0, 0.1) is 5.82 Å². The second-order valence-electron chi connectivity index (χ2n) is 5.41. The molecule has 0 atom stereocenters. The van der Waals surface area contributed by atoms with Gasteiger partial charge in [-0.2, -0.15) is 5.10 Å². The molecule has 2 heterocycles. The Labute approximate surface area is 128 Å². The van der Waals surface area contributed by atoms with Gasteiger partial charge in [-0.05, 0) is 30.8 Å². The fraction of sp³-hybridized carbons (Fsp3) is 0.375. The molecular formula is C16H20FN5. The quantitative estimate of drug-likeness (QED) is 0.761. The number of rotatable bonds is 6. The summed E-state index contributed by atoms with van der Waals surface area (Å²) >= 11 is 0. The van der Waals surface area contributed by atoms with Crippen LogP contribution in [0.3, 0.4) is 0 Å². The van der Waals surface area contributed by atoms with Gasteiger partial charge in [-0.15, -0.1) is 0 Å². The first-order valence-electron chi connectivity index (χ1n) is 7.49. The lowest BCUT2D eigenvalue weighted by atomic mass is 10.3. The first-order chi connectivity index (χ1) is 10.7. The van der Waals surface area contributed by atoms with Crippen LogP contribution in [0.4, 0.5) is 4.39 Å². The molecule has 0 saturated carbocycles. The van der Waals surface area contributed by atoms with Crippen molar-refractivity contribution < 1.29 is 4.39 Å². The second kappa shape index (κ2) is 6.27. The minimum atomic E-state index is -0.242. The number of nitrogens with zero attached hydrogens (tertiary/aromatic N) is 4. The molecule has 0 aliphatic carbocycles. The van der Waals surface area contributed by atoms with Crippen molar-refractivity contribution in [3.63, 3.8) is 0 Å². The molecule has 0 bridgehead atoms. The molecule has 116 valence electrons. The van der Waals surface area contributed by atoms with Crippen LogP contribution in [0.15, 0.2) is 30.5 Å². The zero-order valence-corrected chi connectivity index (χ0v) is 12.9. The number of halogens is 1. The largest absolute Gasteiger partial charge is 0.342 e. The number of hydrogen-bond donors (Lipinski definition) is 1. The molecule has 1 aromatic carbocycles. The first kappa shape index (κ1) is 14.7. The number of aromatic amines is 1. The van der Waals surface area contributed by atoms with Crippen LogP contribution in [0.2, 0.25) is 0 Å². The lowest BCUT2D eigenvalue weighted by Crippen LogP contribution is -2.26. The molecule has 1 N–H and O–H groups in total. The van der Waals surface area contributed by atoms with Crippen molar-refractivity contribution in [2.45, 2.75) is 19.9 Å². The summed E-state index contributed by atoms with van der Waals surface area (Å²) in [5.74, 6) is 0.651. The fourth-order valence-electron chi connectivity index (χ4n) is 2.55. The zero-order chi connectivity index (χ0) is 15.5. The van der Waals surface area contributed by atoms with Crippen LogP contribution in [0.25, 0.3) is 11.0 Å². The number of benzene rings is 1. The van der Waals surface area contributed by atoms with Gasteiger partial charge in [0.05, 0.1) is 16.7 Å². The van der Waals surface area contributed by atoms with Crippen LogP contribution in [0.1, 0.15) is 18.4 Å². The molecule has 22 heavy (non-hydrogen) atoms. The highest BCUT2D eigenvalue weighted by atomic mass is 19.1. The number of nitrogens with one attached hydrogen (secondary N) is 1. The van der Waals surface area contributed by atoms with E-state index in [2.05, 4.69) is 26.9 Å². The molecule has 3 aromatic rings. The molecule has 0 spiro atoms. The third-order valence-corrected chi connectivity index (χ3v) is 3.91. The van der Waals surface area contributed by atoms with Crippen molar-refractivity contribution in [1.29, 1.82) is 0 Å². The molecule has 3 rings (SSSR count). The third kappa shape index (κ3) is 3.17. The predicted octanol–water partition coefficient (Wildman–Crippen LogP) is 2.50. The number of imidazole rings is 1. The summed E-state index contributed by atoms with van der Waals surface area (Å²) in [5, 5.41) is 4.20.